The van der Waals surface area contributed by atoms with Gasteiger partial charge in [-0.3, -0.25) is 4.79 Å². The first-order valence-electron chi connectivity index (χ1n) is 12.2. The van der Waals surface area contributed by atoms with Crippen molar-refractivity contribution >= 4 is 22.4 Å². The Labute approximate surface area is 211 Å². The summed E-state index contributed by atoms with van der Waals surface area (Å²) in [6.45, 7) is 11.0. The van der Waals surface area contributed by atoms with E-state index in [2.05, 4.69) is 43.4 Å². The van der Waals surface area contributed by atoms with Crippen LogP contribution in [0.5, 0.6) is 5.75 Å². The lowest BCUT2D eigenvalue weighted by atomic mass is 9.94. The number of nitrogens with one attached hydrogen (secondary N) is 1. The van der Waals surface area contributed by atoms with E-state index in [1.165, 1.54) is 23.3 Å². The molecular formula is C31H32FNO3. The minimum atomic E-state index is -0.267. The second kappa shape index (κ2) is 10.8. The largest absolute Gasteiger partial charge is 0.493 e. The van der Waals surface area contributed by atoms with Crippen molar-refractivity contribution in [3.05, 3.63) is 94.5 Å². The predicted octanol–water partition coefficient (Wildman–Crippen LogP) is 7.33. The highest BCUT2D eigenvalue weighted by molar-refractivity contribution is 6.02. The molecule has 5 heteroatoms. The van der Waals surface area contributed by atoms with Gasteiger partial charge in [0.2, 0.25) is 5.91 Å². The number of carbonyl (C=O) groups is 1. The monoisotopic (exact) mass is 485 g/mol. The van der Waals surface area contributed by atoms with Gasteiger partial charge in [-0.25, -0.2) is 4.39 Å². The molecule has 4 rings (SSSR count). The van der Waals surface area contributed by atoms with Gasteiger partial charge in [0.1, 0.15) is 17.1 Å². The van der Waals surface area contributed by atoms with Crippen LogP contribution >= 0.6 is 0 Å². The highest BCUT2D eigenvalue weighted by atomic mass is 19.1. The Kier molecular flexibility index (Phi) is 7.58. The van der Waals surface area contributed by atoms with E-state index in [-0.39, 0.29) is 11.7 Å². The second-order valence-electron chi connectivity index (χ2n) is 9.15. The Morgan fingerprint density at radius 3 is 2.50 bits per heavy atom. The molecule has 0 aliphatic rings. The first-order chi connectivity index (χ1) is 17.3. The number of furan rings is 1. The smallest absolute Gasteiger partial charge is 0.244 e. The maximum Gasteiger partial charge on any atom is 0.244 e. The maximum absolute atomic E-state index is 13.1. The van der Waals surface area contributed by atoms with Crippen LogP contribution in [0, 0.1) is 26.6 Å². The highest BCUT2D eigenvalue weighted by Crippen LogP contribution is 2.41. The normalized spacial score (nSPS) is 11.7. The zero-order valence-corrected chi connectivity index (χ0v) is 21.5. The van der Waals surface area contributed by atoms with Crippen LogP contribution in [-0.2, 0) is 11.2 Å². The van der Waals surface area contributed by atoms with E-state index in [0.29, 0.717) is 19.6 Å². The van der Waals surface area contributed by atoms with Gasteiger partial charge in [0, 0.05) is 34.7 Å². The number of carbonyl (C=O) groups excluding carboxylic acids is 1. The van der Waals surface area contributed by atoms with Gasteiger partial charge in [0.25, 0.3) is 0 Å². The van der Waals surface area contributed by atoms with Gasteiger partial charge in [-0.1, -0.05) is 35.9 Å². The Morgan fingerprint density at radius 1 is 1.06 bits per heavy atom. The molecule has 4 nitrogen and oxygen atoms in total. The summed E-state index contributed by atoms with van der Waals surface area (Å²) in [7, 11) is 0. The summed E-state index contributed by atoms with van der Waals surface area (Å²) in [6, 6.07) is 14.8. The van der Waals surface area contributed by atoms with Crippen LogP contribution in [0.25, 0.3) is 27.7 Å². The van der Waals surface area contributed by atoms with Crippen LogP contribution in [0.3, 0.4) is 0 Å². The SMILES string of the molecule is CCOc1c(/C(C)=C/C(=O)NCCc2ccc(F)cc2)cc2c(-c3ccc(C)cc3C)coc2c1C. The Balaban J connectivity index is 1.65. The van der Waals surface area contributed by atoms with E-state index in [0.717, 1.165) is 50.1 Å². The van der Waals surface area contributed by atoms with Crippen LogP contribution in [0.15, 0.2) is 65.3 Å². The molecule has 0 fully saturated rings. The van der Waals surface area contributed by atoms with Crippen molar-refractivity contribution in [1.29, 1.82) is 0 Å². The molecule has 4 aromatic rings. The Bertz CT molecular complexity index is 1430. The molecule has 186 valence electrons. The summed E-state index contributed by atoms with van der Waals surface area (Å²) >= 11 is 0. The summed E-state index contributed by atoms with van der Waals surface area (Å²) in [5, 5.41) is 3.91. The van der Waals surface area contributed by atoms with Crippen molar-refractivity contribution in [2.24, 2.45) is 0 Å². The fourth-order valence-electron chi connectivity index (χ4n) is 4.57. The van der Waals surface area contributed by atoms with Gasteiger partial charge < -0.3 is 14.5 Å². The highest BCUT2D eigenvalue weighted by Gasteiger charge is 2.20. The molecule has 1 amide bonds. The molecule has 36 heavy (non-hydrogen) atoms. The number of rotatable bonds is 8. The number of benzene rings is 3. The number of halogens is 1. The molecule has 0 radical (unpaired) electrons. The summed E-state index contributed by atoms with van der Waals surface area (Å²) in [5.74, 6) is 0.271. The number of amides is 1. The van der Waals surface area contributed by atoms with Gasteiger partial charge >= 0.3 is 0 Å². The summed E-state index contributed by atoms with van der Waals surface area (Å²) in [4.78, 5) is 12.7. The molecule has 1 N–H and O–H groups in total. The number of aryl methyl sites for hydroxylation is 3. The van der Waals surface area contributed by atoms with Gasteiger partial charge in [-0.2, -0.15) is 0 Å². The van der Waals surface area contributed by atoms with Gasteiger partial charge in [0.05, 0.1) is 12.9 Å². The first kappa shape index (κ1) is 25.2. The van der Waals surface area contributed by atoms with Crippen molar-refractivity contribution in [1.82, 2.24) is 5.32 Å². The number of hydrogen-bond acceptors (Lipinski definition) is 3. The third-order valence-electron chi connectivity index (χ3n) is 6.40. The minimum Gasteiger partial charge on any atom is -0.493 e. The molecular weight excluding hydrogens is 453 g/mol. The zero-order chi connectivity index (χ0) is 25.8. The van der Waals surface area contributed by atoms with Gasteiger partial charge in [0.15, 0.2) is 0 Å². The standard InChI is InChI=1S/C31H32FNO3/c1-6-35-30-22(5)31-27(28(18-36-31)25-12-7-19(2)15-20(25)3)17-26(30)21(4)16-29(34)33-14-13-23-8-10-24(32)11-9-23/h7-12,15-18H,6,13-14H2,1-5H3,(H,33,34)/b21-16+. The lowest BCUT2D eigenvalue weighted by molar-refractivity contribution is -0.116. The Morgan fingerprint density at radius 2 is 1.81 bits per heavy atom. The van der Waals surface area contributed by atoms with E-state index in [1.807, 2.05) is 20.8 Å². The number of allylic oxidation sites excluding steroid dienone is 1. The molecule has 0 atom stereocenters. The molecule has 1 heterocycles. The van der Waals surface area contributed by atoms with Crippen LogP contribution in [0.2, 0.25) is 0 Å². The van der Waals surface area contributed by atoms with Crippen LogP contribution in [0.1, 0.15) is 41.7 Å². The molecule has 3 aromatic carbocycles. The topological polar surface area (TPSA) is 51.5 Å². The summed E-state index contributed by atoms with van der Waals surface area (Å²) in [5.41, 5.74) is 8.86. The van der Waals surface area contributed by atoms with E-state index in [1.54, 1.807) is 24.5 Å². The molecule has 0 bridgehead atoms. The number of fused-ring (bicyclic) bond motifs is 1. The fourth-order valence-corrected chi connectivity index (χ4v) is 4.57. The summed E-state index contributed by atoms with van der Waals surface area (Å²) < 4.78 is 25.1. The molecule has 0 unspecified atom stereocenters. The first-order valence-corrected chi connectivity index (χ1v) is 12.2. The van der Waals surface area contributed by atoms with E-state index < -0.39 is 0 Å². The third kappa shape index (κ3) is 5.35. The van der Waals surface area contributed by atoms with Crippen LogP contribution < -0.4 is 10.1 Å². The molecule has 0 aliphatic heterocycles. The Hall–Kier alpha value is -3.86. The van der Waals surface area contributed by atoms with Crippen molar-refractivity contribution in [3.63, 3.8) is 0 Å². The molecule has 0 saturated heterocycles. The summed E-state index contributed by atoms with van der Waals surface area (Å²) in [6.07, 6.45) is 4.03. The lowest BCUT2D eigenvalue weighted by Crippen LogP contribution is -2.23. The van der Waals surface area contributed by atoms with Gasteiger partial charge in [-0.15, -0.1) is 0 Å². The molecule has 0 aliphatic carbocycles. The lowest BCUT2D eigenvalue weighted by Gasteiger charge is -2.15. The average Bonchev–Trinajstić information content (AvgIpc) is 3.26. The minimum absolute atomic E-state index is 0.184. The van der Waals surface area contributed by atoms with E-state index >= 15 is 0 Å². The van der Waals surface area contributed by atoms with Crippen LogP contribution in [0.4, 0.5) is 4.39 Å². The maximum atomic E-state index is 13.1. The van der Waals surface area contributed by atoms with Gasteiger partial charge in [-0.05, 0) is 81.5 Å². The predicted molar refractivity (Wildman–Crippen MR) is 144 cm³/mol. The number of ether oxygens (including phenoxy) is 1. The van der Waals surface area contributed by atoms with Crippen molar-refractivity contribution in [3.8, 4) is 16.9 Å². The molecule has 0 saturated carbocycles. The average molecular weight is 486 g/mol. The molecule has 1 aromatic heterocycles. The van der Waals surface area contributed by atoms with Crippen molar-refractivity contribution in [2.45, 2.75) is 41.0 Å². The van der Waals surface area contributed by atoms with Crippen LogP contribution in [-0.4, -0.2) is 19.1 Å². The fraction of sp³-hybridized carbons (Fsp3) is 0.258. The van der Waals surface area contributed by atoms with Crippen molar-refractivity contribution in [2.75, 3.05) is 13.2 Å². The van der Waals surface area contributed by atoms with Crippen molar-refractivity contribution < 1.29 is 18.3 Å². The number of hydrogen-bond donors (Lipinski definition) is 1. The second-order valence-corrected chi connectivity index (χ2v) is 9.15. The van der Waals surface area contributed by atoms with E-state index in [4.69, 9.17) is 9.15 Å². The molecule has 0 spiro atoms. The third-order valence-corrected chi connectivity index (χ3v) is 6.40. The van der Waals surface area contributed by atoms with E-state index in [9.17, 15) is 9.18 Å². The quantitative estimate of drug-likeness (QED) is 0.266. The zero-order valence-electron chi connectivity index (χ0n) is 21.5.